The molecule has 0 saturated carbocycles. The first kappa shape index (κ1) is 15.1. The lowest BCUT2D eigenvalue weighted by Gasteiger charge is -2.10. The van der Waals surface area contributed by atoms with Crippen molar-refractivity contribution < 1.29 is 0 Å². The van der Waals surface area contributed by atoms with Crippen LogP contribution >= 0.6 is 0 Å². The standard InChI is InChI=1S/C17H20N6/c1-10-11(2)20-16(12(3)19-10)9-18-15-7-5-6-14(8-15)17-21-13(4)22-23-17/h5-8,18H,9H2,1-4H3,(H,21,22,23). The van der Waals surface area contributed by atoms with Crippen molar-refractivity contribution in [2.75, 3.05) is 5.32 Å². The highest BCUT2D eigenvalue weighted by molar-refractivity contribution is 5.62. The Labute approximate surface area is 135 Å². The zero-order chi connectivity index (χ0) is 16.4. The first-order valence-corrected chi connectivity index (χ1v) is 7.57. The normalized spacial score (nSPS) is 10.8. The van der Waals surface area contributed by atoms with Crippen LogP contribution in [0.2, 0.25) is 0 Å². The van der Waals surface area contributed by atoms with Gasteiger partial charge in [-0.15, -0.1) is 0 Å². The first-order valence-electron chi connectivity index (χ1n) is 7.57. The Morgan fingerprint density at radius 2 is 1.74 bits per heavy atom. The van der Waals surface area contributed by atoms with Crippen LogP contribution in [0.15, 0.2) is 24.3 Å². The van der Waals surface area contributed by atoms with Crippen LogP contribution in [0.5, 0.6) is 0 Å². The van der Waals surface area contributed by atoms with E-state index in [4.69, 9.17) is 0 Å². The first-order chi connectivity index (χ1) is 11.0. The fraction of sp³-hybridized carbons (Fsp3) is 0.294. The van der Waals surface area contributed by atoms with Gasteiger partial charge in [0.05, 0.1) is 29.3 Å². The molecule has 0 unspecified atom stereocenters. The van der Waals surface area contributed by atoms with E-state index in [1.165, 1.54) is 0 Å². The van der Waals surface area contributed by atoms with Crippen LogP contribution in [-0.4, -0.2) is 25.1 Å². The van der Waals surface area contributed by atoms with E-state index >= 15 is 0 Å². The van der Waals surface area contributed by atoms with Gasteiger partial charge in [0.15, 0.2) is 5.82 Å². The molecular weight excluding hydrogens is 288 g/mol. The average molecular weight is 308 g/mol. The maximum Gasteiger partial charge on any atom is 0.181 e. The number of anilines is 1. The van der Waals surface area contributed by atoms with Crippen molar-refractivity contribution in [1.82, 2.24) is 25.1 Å². The highest BCUT2D eigenvalue weighted by Gasteiger charge is 2.07. The summed E-state index contributed by atoms with van der Waals surface area (Å²) in [5.74, 6) is 1.51. The summed E-state index contributed by atoms with van der Waals surface area (Å²) in [6, 6.07) is 8.04. The van der Waals surface area contributed by atoms with Gasteiger partial charge in [0.25, 0.3) is 0 Å². The fourth-order valence-electron chi connectivity index (χ4n) is 2.35. The molecule has 0 spiro atoms. The molecule has 3 aromatic rings. The molecule has 0 radical (unpaired) electrons. The summed E-state index contributed by atoms with van der Waals surface area (Å²) in [6.07, 6.45) is 0. The van der Waals surface area contributed by atoms with E-state index in [-0.39, 0.29) is 0 Å². The smallest absolute Gasteiger partial charge is 0.181 e. The van der Waals surface area contributed by atoms with Crippen LogP contribution < -0.4 is 5.32 Å². The van der Waals surface area contributed by atoms with Gasteiger partial charge in [-0.2, -0.15) is 5.10 Å². The molecule has 1 aromatic carbocycles. The lowest BCUT2D eigenvalue weighted by atomic mass is 10.2. The van der Waals surface area contributed by atoms with Crippen LogP contribution in [0.1, 0.15) is 28.6 Å². The van der Waals surface area contributed by atoms with E-state index in [2.05, 4.69) is 30.5 Å². The summed E-state index contributed by atoms with van der Waals surface area (Å²) >= 11 is 0. The minimum Gasteiger partial charge on any atom is -0.379 e. The largest absolute Gasteiger partial charge is 0.379 e. The molecule has 0 aliphatic heterocycles. The number of aromatic nitrogens is 5. The zero-order valence-electron chi connectivity index (χ0n) is 13.8. The minimum absolute atomic E-state index is 0.635. The van der Waals surface area contributed by atoms with Crippen molar-refractivity contribution in [2.24, 2.45) is 0 Å². The lowest BCUT2D eigenvalue weighted by molar-refractivity contribution is 0.910. The summed E-state index contributed by atoms with van der Waals surface area (Å²) < 4.78 is 0. The molecule has 0 atom stereocenters. The second kappa shape index (κ2) is 6.16. The quantitative estimate of drug-likeness (QED) is 0.774. The third-order valence-electron chi connectivity index (χ3n) is 3.76. The molecule has 0 aliphatic carbocycles. The molecule has 0 amide bonds. The van der Waals surface area contributed by atoms with Crippen LogP contribution in [0.25, 0.3) is 11.4 Å². The molecule has 0 aliphatic rings. The topological polar surface area (TPSA) is 79.4 Å². The minimum atomic E-state index is 0.635. The maximum atomic E-state index is 4.62. The number of nitrogens with zero attached hydrogens (tertiary/aromatic N) is 4. The summed E-state index contributed by atoms with van der Waals surface area (Å²) in [6.45, 7) is 8.48. The van der Waals surface area contributed by atoms with E-state index in [1.54, 1.807) is 0 Å². The molecule has 2 heterocycles. The van der Waals surface area contributed by atoms with Crippen LogP contribution in [0, 0.1) is 27.7 Å². The second-order valence-corrected chi connectivity index (χ2v) is 5.61. The van der Waals surface area contributed by atoms with E-state index < -0.39 is 0 Å². The fourth-order valence-corrected chi connectivity index (χ4v) is 2.35. The zero-order valence-corrected chi connectivity index (χ0v) is 13.8. The highest BCUT2D eigenvalue weighted by Crippen LogP contribution is 2.20. The monoisotopic (exact) mass is 308 g/mol. The van der Waals surface area contributed by atoms with Crippen molar-refractivity contribution in [3.05, 3.63) is 52.9 Å². The average Bonchev–Trinajstić information content (AvgIpc) is 2.96. The van der Waals surface area contributed by atoms with E-state index in [0.717, 1.165) is 39.9 Å². The number of hydrogen-bond acceptors (Lipinski definition) is 5. The molecule has 2 aromatic heterocycles. The third kappa shape index (κ3) is 3.36. The van der Waals surface area contributed by atoms with Crippen LogP contribution in [0.3, 0.4) is 0 Å². The molecule has 0 fully saturated rings. The van der Waals surface area contributed by atoms with Gasteiger partial charge in [-0.25, -0.2) is 4.98 Å². The predicted molar refractivity (Wildman–Crippen MR) is 90.1 cm³/mol. The predicted octanol–water partition coefficient (Wildman–Crippen LogP) is 3.11. The summed E-state index contributed by atoms with van der Waals surface area (Å²) in [7, 11) is 0. The Bertz CT molecular complexity index is 837. The SMILES string of the molecule is Cc1nc(-c2cccc(NCc3nc(C)c(C)nc3C)c2)n[nH]1. The van der Waals surface area contributed by atoms with Gasteiger partial charge in [0.1, 0.15) is 5.82 Å². The number of benzene rings is 1. The molecule has 6 heteroatoms. The molecule has 6 nitrogen and oxygen atoms in total. The van der Waals surface area contributed by atoms with Gasteiger partial charge in [-0.1, -0.05) is 12.1 Å². The number of aryl methyl sites for hydroxylation is 4. The van der Waals surface area contributed by atoms with E-state index in [9.17, 15) is 0 Å². The van der Waals surface area contributed by atoms with Crippen molar-refractivity contribution in [2.45, 2.75) is 34.2 Å². The van der Waals surface area contributed by atoms with E-state index in [1.807, 2.05) is 52.0 Å². The Balaban J connectivity index is 1.78. The van der Waals surface area contributed by atoms with Crippen LogP contribution in [0.4, 0.5) is 5.69 Å². The van der Waals surface area contributed by atoms with Crippen molar-refractivity contribution in [1.29, 1.82) is 0 Å². The molecule has 2 N–H and O–H groups in total. The van der Waals surface area contributed by atoms with Crippen molar-refractivity contribution in [3.63, 3.8) is 0 Å². The second-order valence-electron chi connectivity index (χ2n) is 5.61. The number of aromatic amines is 1. The molecule has 0 saturated heterocycles. The summed E-state index contributed by atoms with van der Waals surface area (Å²) in [4.78, 5) is 13.5. The van der Waals surface area contributed by atoms with Gasteiger partial charge in [0, 0.05) is 11.3 Å². The molecule has 118 valence electrons. The Hall–Kier alpha value is -2.76. The van der Waals surface area contributed by atoms with Crippen molar-refractivity contribution in [3.8, 4) is 11.4 Å². The van der Waals surface area contributed by atoms with Gasteiger partial charge < -0.3 is 5.32 Å². The third-order valence-corrected chi connectivity index (χ3v) is 3.76. The lowest BCUT2D eigenvalue weighted by Crippen LogP contribution is -2.08. The molecule has 23 heavy (non-hydrogen) atoms. The van der Waals surface area contributed by atoms with Gasteiger partial charge >= 0.3 is 0 Å². The highest BCUT2D eigenvalue weighted by atomic mass is 15.2. The molecule has 3 rings (SSSR count). The number of nitrogens with one attached hydrogen (secondary N) is 2. The van der Waals surface area contributed by atoms with E-state index in [0.29, 0.717) is 12.4 Å². The number of rotatable bonds is 4. The molecule has 0 bridgehead atoms. The maximum absolute atomic E-state index is 4.62. The van der Waals surface area contributed by atoms with Crippen molar-refractivity contribution >= 4 is 5.69 Å². The summed E-state index contributed by atoms with van der Waals surface area (Å²) in [5, 5.41) is 10.5. The van der Waals surface area contributed by atoms with Gasteiger partial charge in [0.2, 0.25) is 0 Å². The Morgan fingerprint density at radius 1 is 0.957 bits per heavy atom. The Morgan fingerprint density at radius 3 is 2.48 bits per heavy atom. The molecular formula is C17H20N6. The van der Waals surface area contributed by atoms with Gasteiger partial charge in [-0.3, -0.25) is 15.1 Å². The van der Waals surface area contributed by atoms with Crippen LogP contribution in [-0.2, 0) is 6.54 Å². The van der Waals surface area contributed by atoms with Gasteiger partial charge in [-0.05, 0) is 39.8 Å². The number of hydrogen-bond donors (Lipinski definition) is 2. The Kier molecular flexibility index (Phi) is 4.06. The number of H-pyrrole nitrogens is 1. The summed E-state index contributed by atoms with van der Waals surface area (Å²) in [5.41, 5.74) is 5.85.